The Hall–Kier alpha value is -3.19. The summed E-state index contributed by atoms with van der Waals surface area (Å²) < 4.78 is 10.0. The molecule has 0 spiro atoms. The van der Waals surface area contributed by atoms with Gasteiger partial charge in [-0.05, 0) is 42.7 Å². The largest absolute Gasteiger partial charge is 0.439 e. The Morgan fingerprint density at radius 3 is 2.37 bits per heavy atom. The molecular formula is C20H19N3O4. The molecule has 2 aromatic carbocycles. The Labute approximate surface area is 155 Å². The topological polar surface area (TPSA) is 97.2 Å². The summed E-state index contributed by atoms with van der Waals surface area (Å²) in [5.41, 5.74) is 1.77. The van der Waals surface area contributed by atoms with Gasteiger partial charge in [-0.3, -0.25) is 14.3 Å². The molecule has 0 unspecified atom stereocenters. The van der Waals surface area contributed by atoms with Crippen LogP contribution in [0.5, 0.6) is 0 Å². The number of benzene rings is 2. The van der Waals surface area contributed by atoms with E-state index in [0.717, 1.165) is 5.56 Å². The summed E-state index contributed by atoms with van der Waals surface area (Å²) in [6.07, 6.45) is 1.28. The van der Waals surface area contributed by atoms with E-state index in [-0.39, 0.29) is 5.91 Å². The number of aromatic amines is 1. The predicted octanol–water partition coefficient (Wildman–Crippen LogP) is 2.72. The number of hydrogen-bond acceptors (Lipinski definition) is 5. The molecule has 0 atom stereocenters. The minimum absolute atomic E-state index is 0.0420. The van der Waals surface area contributed by atoms with Crippen LogP contribution < -0.4 is 11.1 Å². The summed E-state index contributed by atoms with van der Waals surface area (Å²) in [5.74, 6) is -0.297. The number of ether oxygens (including phenoxy) is 1. The van der Waals surface area contributed by atoms with Gasteiger partial charge in [-0.2, -0.15) is 0 Å². The monoisotopic (exact) mass is 365 g/mol. The second-order valence-electron chi connectivity index (χ2n) is 6.54. The van der Waals surface area contributed by atoms with Gasteiger partial charge in [-0.15, -0.1) is 0 Å². The first-order chi connectivity index (χ1) is 13.2. The van der Waals surface area contributed by atoms with Gasteiger partial charge in [0.1, 0.15) is 0 Å². The smallest absolute Gasteiger partial charge is 0.381 e. The molecule has 0 radical (unpaired) electrons. The molecule has 7 heteroatoms. The van der Waals surface area contributed by atoms with E-state index in [2.05, 4.69) is 20.0 Å². The molecule has 27 heavy (non-hydrogen) atoms. The number of carbonyl (C=O) groups is 1. The molecule has 1 aromatic heterocycles. The van der Waals surface area contributed by atoms with Gasteiger partial charge in [-0.1, -0.05) is 35.5 Å². The van der Waals surface area contributed by atoms with Crippen molar-refractivity contribution in [1.82, 2.24) is 10.1 Å². The maximum atomic E-state index is 13.2. The van der Waals surface area contributed by atoms with E-state index in [0.29, 0.717) is 43.1 Å². The highest BCUT2D eigenvalue weighted by Crippen LogP contribution is 2.36. The molecule has 138 valence electrons. The minimum atomic E-state index is -0.605. The lowest BCUT2D eigenvalue weighted by Crippen LogP contribution is -2.44. The Morgan fingerprint density at radius 2 is 1.74 bits per heavy atom. The average molecular weight is 365 g/mol. The quantitative estimate of drug-likeness (QED) is 0.741. The maximum Gasteiger partial charge on any atom is 0.439 e. The normalized spacial score (nSPS) is 16.0. The zero-order chi connectivity index (χ0) is 18.7. The van der Waals surface area contributed by atoms with E-state index in [1.807, 2.05) is 30.3 Å². The number of amides is 1. The van der Waals surface area contributed by atoms with Gasteiger partial charge in [0.2, 0.25) is 5.91 Å². The first kappa shape index (κ1) is 17.2. The van der Waals surface area contributed by atoms with E-state index in [1.54, 1.807) is 24.3 Å². The van der Waals surface area contributed by atoms with Gasteiger partial charge in [0, 0.05) is 24.5 Å². The standard InChI is InChI=1S/C20H19N3O4/c24-18(20(10-12-26-13-11-20)15-4-2-1-3-5-15)21-16-8-6-14(7-9-16)17-22-19(25)27-23-17/h1-9H,10-13H2,(H,21,24)(H,22,23,25). The third kappa shape index (κ3) is 3.41. The minimum Gasteiger partial charge on any atom is -0.381 e. The van der Waals surface area contributed by atoms with Crippen molar-refractivity contribution >= 4 is 11.6 Å². The van der Waals surface area contributed by atoms with Crippen LogP contribution >= 0.6 is 0 Å². The van der Waals surface area contributed by atoms with Crippen molar-refractivity contribution in [2.45, 2.75) is 18.3 Å². The Balaban J connectivity index is 1.57. The predicted molar refractivity (Wildman–Crippen MR) is 99.4 cm³/mol. The molecule has 1 aliphatic rings. The van der Waals surface area contributed by atoms with Gasteiger partial charge >= 0.3 is 5.76 Å². The summed E-state index contributed by atoms with van der Waals surface area (Å²) in [6.45, 7) is 1.11. The fourth-order valence-electron chi connectivity index (χ4n) is 3.44. The van der Waals surface area contributed by atoms with Crippen molar-refractivity contribution in [1.29, 1.82) is 0 Å². The van der Waals surface area contributed by atoms with Crippen LogP contribution in [0.15, 0.2) is 63.9 Å². The highest BCUT2D eigenvalue weighted by Gasteiger charge is 2.41. The average Bonchev–Trinajstić information content (AvgIpc) is 3.16. The number of nitrogens with zero attached hydrogens (tertiary/aromatic N) is 1. The third-order valence-electron chi connectivity index (χ3n) is 4.96. The van der Waals surface area contributed by atoms with Gasteiger partial charge in [0.25, 0.3) is 0 Å². The lowest BCUT2D eigenvalue weighted by Gasteiger charge is -2.36. The van der Waals surface area contributed by atoms with Crippen LogP contribution in [0.4, 0.5) is 5.69 Å². The highest BCUT2D eigenvalue weighted by atomic mass is 16.5. The third-order valence-corrected chi connectivity index (χ3v) is 4.96. The summed E-state index contributed by atoms with van der Waals surface area (Å²) in [7, 11) is 0. The number of nitrogens with one attached hydrogen (secondary N) is 2. The van der Waals surface area contributed by atoms with Crippen molar-refractivity contribution in [2.75, 3.05) is 18.5 Å². The Kier molecular flexibility index (Phi) is 4.60. The molecule has 1 fully saturated rings. The van der Waals surface area contributed by atoms with Crippen molar-refractivity contribution in [3.8, 4) is 11.4 Å². The molecule has 7 nitrogen and oxygen atoms in total. The fraction of sp³-hybridized carbons (Fsp3) is 0.250. The summed E-state index contributed by atoms with van der Waals surface area (Å²) in [6, 6.07) is 16.9. The summed E-state index contributed by atoms with van der Waals surface area (Å²) >= 11 is 0. The molecule has 1 aliphatic heterocycles. The van der Waals surface area contributed by atoms with Crippen LogP contribution in [0.1, 0.15) is 18.4 Å². The first-order valence-corrected chi connectivity index (χ1v) is 8.79. The van der Waals surface area contributed by atoms with Crippen LogP contribution in [-0.4, -0.2) is 29.3 Å². The first-order valence-electron chi connectivity index (χ1n) is 8.79. The number of anilines is 1. The van der Waals surface area contributed by atoms with E-state index in [1.165, 1.54) is 0 Å². The van der Waals surface area contributed by atoms with E-state index >= 15 is 0 Å². The van der Waals surface area contributed by atoms with Gasteiger partial charge in [0.15, 0.2) is 5.82 Å². The number of rotatable bonds is 4. The zero-order valence-electron chi connectivity index (χ0n) is 14.6. The highest BCUT2D eigenvalue weighted by molar-refractivity contribution is 5.99. The van der Waals surface area contributed by atoms with E-state index < -0.39 is 11.2 Å². The molecule has 0 aliphatic carbocycles. The number of carbonyl (C=O) groups excluding carboxylic acids is 1. The van der Waals surface area contributed by atoms with Crippen LogP contribution in [-0.2, 0) is 14.9 Å². The fourth-order valence-corrected chi connectivity index (χ4v) is 3.44. The molecule has 1 amide bonds. The van der Waals surface area contributed by atoms with Crippen LogP contribution in [0.3, 0.4) is 0 Å². The molecule has 2 N–H and O–H groups in total. The lowest BCUT2D eigenvalue weighted by atomic mass is 9.73. The maximum absolute atomic E-state index is 13.2. The Bertz CT molecular complexity index is 970. The second kappa shape index (κ2) is 7.20. The summed E-state index contributed by atoms with van der Waals surface area (Å²) in [5, 5.41) is 6.68. The van der Waals surface area contributed by atoms with Crippen LogP contribution in [0, 0.1) is 0 Å². The van der Waals surface area contributed by atoms with Gasteiger partial charge in [0.05, 0.1) is 5.41 Å². The number of hydrogen-bond donors (Lipinski definition) is 2. The van der Waals surface area contributed by atoms with Crippen molar-refractivity contribution < 1.29 is 14.1 Å². The van der Waals surface area contributed by atoms with Gasteiger partial charge < -0.3 is 10.1 Å². The Morgan fingerprint density at radius 1 is 1.04 bits per heavy atom. The molecule has 0 bridgehead atoms. The van der Waals surface area contributed by atoms with Crippen molar-refractivity contribution in [3.05, 3.63) is 70.7 Å². The van der Waals surface area contributed by atoms with Gasteiger partial charge in [-0.25, -0.2) is 4.79 Å². The lowest BCUT2D eigenvalue weighted by molar-refractivity contribution is -0.125. The second-order valence-corrected chi connectivity index (χ2v) is 6.54. The van der Waals surface area contributed by atoms with Crippen molar-refractivity contribution in [2.24, 2.45) is 0 Å². The van der Waals surface area contributed by atoms with E-state index in [4.69, 9.17) is 4.74 Å². The summed E-state index contributed by atoms with van der Waals surface area (Å²) in [4.78, 5) is 26.8. The SMILES string of the molecule is O=C(Nc1ccc(-c2noc(=O)[nH]2)cc1)C1(c2ccccc2)CCOCC1. The molecular weight excluding hydrogens is 346 g/mol. The number of aromatic nitrogens is 2. The molecule has 3 aromatic rings. The number of H-pyrrole nitrogens is 1. The molecule has 0 saturated carbocycles. The zero-order valence-corrected chi connectivity index (χ0v) is 14.6. The molecule has 4 rings (SSSR count). The van der Waals surface area contributed by atoms with E-state index in [9.17, 15) is 9.59 Å². The van der Waals surface area contributed by atoms with Crippen LogP contribution in [0.2, 0.25) is 0 Å². The van der Waals surface area contributed by atoms with Crippen LogP contribution in [0.25, 0.3) is 11.4 Å². The molecule has 2 heterocycles. The van der Waals surface area contributed by atoms with Crippen molar-refractivity contribution in [3.63, 3.8) is 0 Å². The molecule has 1 saturated heterocycles.